The third-order valence-corrected chi connectivity index (χ3v) is 13.1. The van der Waals surface area contributed by atoms with E-state index < -0.39 is 0 Å². The zero-order chi connectivity index (χ0) is 39.8. The summed E-state index contributed by atoms with van der Waals surface area (Å²) in [6.07, 6.45) is 0. The number of benzene rings is 7. The molecule has 5 nitrogen and oxygen atoms in total. The minimum atomic E-state index is -0.178. The molecule has 0 N–H and O–H groups in total. The Balaban J connectivity index is 0.00000433. The topological polar surface area (TPSA) is 56.5 Å². The summed E-state index contributed by atoms with van der Waals surface area (Å²) in [5.74, 6) is 1.85. The molecular formula is C53H38IrN5S-. The van der Waals surface area contributed by atoms with E-state index in [1.165, 1.54) is 27.1 Å². The van der Waals surface area contributed by atoms with E-state index in [1.807, 2.05) is 42.5 Å². The van der Waals surface area contributed by atoms with Crippen molar-refractivity contribution in [3.8, 4) is 72.7 Å². The Hall–Kier alpha value is -6.37. The second-order valence-electron chi connectivity index (χ2n) is 15.9. The molecule has 10 aromatic rings. The standard InChI is InChI=1S/C53H38N5S.Ir/c1-32-33(2)59-51(54-32)40-22-14-21-38(28-40)36-19-13-20-37(27-36)39-25-26-47-43(29-39)44-30-42-41-23-11-12-24-45(41)53(3,4)46(42)31-48(44)58(47)52-56-49(34-15-7-5-8-16-34)55-50(57-52)35-17-9-6-10-18-35;/h5-21,23-31H,1-4H3;/q-1;. The van der Waals surface area contributed by atoms with Crippen LogP contribution in [0, 0.1) is 19.9 Å². The van der Waals surface area contributed by atoms with Crippen molar-refractivity contribution in [1.29, 1.82) is 0 Å². The molecule has 291 valence electrons. The molecule has 11 rings (SSSR count). The zero-order valence-corrected chi connectivity index (χ0v) is 36.7. The van der Waals surface area contributed by atoms with E-state index in [1.54, 1.807) is 11.3 Å². The molecule has 1 aliphatic carbocycles. The molecule has 0 atom stereocenters. The molecule has 0 aliphatic heterocycles. The van der Waals surface area contributed by atoms with Gasteiger partial charge in [0.1, 0.15) is 0 Å². The van der Waals surface area contributed by atoms with E-state index in [-0.39, 0.29) is 25.5 Å². The van der Waals surface area contributed by atoms with E-state index >= 15 is 0 Å². The Bertz CT molecular complexity index is 3200. The van der Waals surface area contributed by atoms with Crippen LogP contribution < -0.4 is 0 Å². The van der Waals surface area contributed by atoms with Gasteiger partial charge in [-0.15, -0.1) is 35.4 Å². The molecule has 3 aromatic heterocycles. The van der Waals surface area contributed by atoms with Crippen molar-refractivity contribution in [2.24, 2.45) is 0 Å². The van der Waals surface area contributed by atoms with Gasteiger partial charge in [0.25, 0.3) is 0 Å². The van der Waals surface area contributed by atoms with Crippen molar-refractivity contribution in [3.05, 3.63) is 185 Å². The number of aryl methyl sites for hydroxylation is 2. The summed E-state index contributed by atoms with van der Waals surface area (Å²) in [6, 6.07) is 59.4. The van der Waals surface area contributed by atoms with E-state index in [4.69, 9.17) is 19.9 Å². The Labute approximate surface area is 366 Å². The molecule has 1 radical (unpaired) electrons. The number of hydrogen-bond donors (Lipinski definition) is 0. The van der Waals surface area contributed by atoms with E-state index in [2.05, 4.69) is 154 Å². The van der Waals surface area contributed by atoms with Crippen LogP contribution in [0.25, 0.3) is 94.5 Å². The molecule has 1 aliphatic rings. The maximum absolute atomic E-state index is 5.24. The predicted octanol–water partition coefficient (Wildman–Crippen LogP) is 13.5. The van der Waals surface area contributed by atoms with Crippen LogP contribution in [-0.2, 0) is 25.5 Å². The van der Waals surface area contributed by atoms with Crippen molar-refractivity contribution in [2.45, 2.75) is 33.1 Å². The largest absolute Gasteiger partial charge is 0.290 e. The van der Waals surface area contributed by atoms with E-state index in [9.17, 15) is 0 Å². The van der Waals surface area contributed by atoms with Crippen molar-refractivity contribution in [1.82, 2.24) is 24.5 Å². The van der Waals surface area contributed by atoms with Crippen LogP contribution in [0.15, 0.2) is 158 Å². The quantitative estimate of drug-likeness (QED) is 0.156. The fourth-order valence-electron chi connectivity index (χ4n) is 8.74. The van der Waals surface area contributed by atoms with Gasteiger partial charge in [-0.05, 0) is 83.1 Å². The van der Waals surface area contributed by atoms with Gasteiger partial charge in [-0.2, -0.15) is 21.3 Å². The summed E-state index contributed by atoms with van der Waals surface area (Å²) in [5.41, 5.74) is 15.7. The maximum atomic E-state index is 5.24. The van der Waals surface area contributed by atoms with Crippen molar-refractivity contribution in [2.75, 3.05) is 0 Å². The van der Waals surface area contributed by atoms with Crippen molar-refractivity contribution in [3.63, 3.8) is 0 Å². The Kier molecular flexibility index (Phi) is 9.29. The number of fused-ring (bicyclic) bond motifs is 6. The predicted molar refractivity (Wildman–Crippen MR) is 243 cm³/mol. The Morgan fingerprint density at radius 3 is 1.82 bits per heavy atom. The van der Waals surface area contributed by atoms with Crippen molar-refractivity contribution >= 4 is 33.1 Å². The molecule has 60 heavy (non-hydrogen) atoms. The van der Waals surface area contributed by atoms with Crippen LogP contribution in [0.4, 0.5) is 0 Å². The number of thiazole rings is 1. The molecule has 0 unspecified atom stereocenters. The van der Waals surface area contributed by atoms with E-state index in [0.717, 1.165) is 71.5 Å². The first-order valence-corrected chi connectivity index (χ1v) is 20.8. The van der Waals surface area contributed by atoms with Gasteiger partial charge in [0.15, 0.2) is 11.6 Å². The van der Waals surface area contributed by atoms with Gasteiger partial charge in [0, 0.05) is 63.0 Å². The molecule has 7 aromatic carbocycles. The van der Waals surface area contributed by atoms with Crippen molar-refractivity contribution < 1.29 is 20.1 Å². The van der Waals surface area contributed by atoms with Gasteiger partial charge >= 0.3 is 0 Å². The van der Waals surface area contributed by atoms with Gasteiger partial charge in [-0.25, -0.2) is 4.98 Å². The molecule has 0 saturated carbocycles. The van der Waals surface area contributed by atoms with E-state index in [0.29, 0.717) is 17.6 Å². The molecule has 0 bridgehead atoms. The first kappa shape index (κ1) is 37.9. The second kappa shape index (κ2) is 14.7. The van der Waals surface area contributed by atoms with Crippen LogP contribution in [-0.4, -0.2) is 24.5 Å². The number of rotatable bonds is 6. The third-order valence-electron chi connectivity index (χ3n) is 11.9. The first-order valence-electron chi connectivity index (χ1n) is 20.0. The number of hydrogen-bond acceptors (Lipinski definition) is 5. The average Bonchev–Trinajstić information content (AvgIpc) is 3.88. The molecule has 0 amide bonds. The third kappa shape index (κ3) is 6.24. The Morgan fingerprint density at radius 1 is 0.517 bits per heavy atom. The summed E-state index contributed by atoms with van der Waals surface area (Å²) < 4.78 is 2.24. The first-order chi connectivity index (χ1) is 28.8. The SMILES string of the molecule is Cc1nc(-c2[c-]ccc(-c3cccc(-c4ccc5c(c4)c4cc6c(cc4n5-c4nc(-c5ccccc5)nc(-c5ccccc5)n4)C(C)(C)c4ccccc4-6)c3)c2)sc1C.[Ir]. The molecule has 7 heteroatoms. The monoisotopic (exact) mass is 969 g/mol. The van der Waals surface area contributed by atoms with Gasteiger partial charge < -0.3 is 0 Å². The molecular weight excluding hydrogens is 931 g/mol. The minimum Gasteiger partial charge on any atom is -0.290 e. The number of nitrogens with zero attached hydrogens (tertiary/aromatic N) is 5. The summed E-state index contributed by atoms with van der Waals surface area (Å²) in [7, 11) is 0. The van der Waals surface area contributed by atoms with Crippen LogP contribution in [0.5, 0.6) is 0 Å². The maximum Gasteiger partial charge on any atom is 0.238 e. The molecule has 3 heterocycles. The summed E-state index contributed by atoms with van der Waals surface area (Å²) in [5, 5.41) is 3.30. The Morgan fingerprint density at radius 2 is 1.13 bits per heavy atom. The summed E-state index contributed by atoms with van der Waals surface area (Å²) in [4.78, 5) is 21.5. The van der Waals surface area contributed by atoms with Gasteiger partial charge in [0.2, 0.25) is 5.95 Å². The smallest absolute Gasteiger partial charge is 0.238 e. The van der Waals surface area contributed by atoms with Gasteiger partial charge in [-0.3, -0.25) is 9.55 Å². The van der Waals surface area contributed by atoms with Crippen LogP contribution in [0.3, 0.4) is 0 Å². The molecule has 0 fully saturated rings. The van der Waals surface area contributed by atoms with Crippen LogP contribution in [0.1, 0.15) is 35.5 Å². The second-order valence-corrected chi connectivity index (χ2v) is 17.1. The summed E-state index contributed by atoms with van der Waals surface area (Å²) >= 11 is 1.72. The minimum absolute atomic E-state index is 0. The van der Waals surface area contributed by atoms with Crippen LogP contribution >= 0.6 is 11.3 Å². The molecule has 0 spiro atoms. The number of aromatic nitrogens is 5. The zero-order valence-electron chi connectivity index (χ0n) is 33.5. The van der Waals surface area contributed by atoms with Crippen LogP contribution in [0.2, 0.25) is 0 Å². The fourth-order valence-corrected chi connectivity index (χ4v) is 9.64. The van der Waals surface area contributed by atoms with Gasteiger partial charge in [0.05, 0.1) is 11.0 Å². The average molecular weight is 969 g/mol. The summed E-state index contributed by atoms with van der Waals surface area (Å²) in [6.45, 7) is 8.85. The molecule has 0 saturated heterocycles. The fraction of sp³-hybridized carbons (Fsp3) is 0.0943. The van der Waals surface area contributed by atoms with Gasteiger partial charge in [-0.1, -0.05) is 123 Å². The normalized spacial score (nSPS) is 12.7.